The Morgan fingerprint density at radius 2 is 1.87 bits per heavy atom. The maximum Gasteiger partial charge on any atom is 0.171 e. The van der Waals surface area contributed by atoms with Crippen molar-refractivity contribution in [1.82, 2.24) is 5.32 Å². The van der Waals surface area contributed by atoms with Gasteiger partial charge in [-0.1, -0.05) is 0 Å². The minimum Gasteiger partial charge on any atom is -0.372 e. The van der Waals surface area contributed by atoms with Crippen LogP contribution in [0.4, 0.5) is 11.4 Å². The van der Waals surface area contributed by atoms with Gasteiger partial charge in [0.05, 0.1) is 22.9 Å². The van der Waals surface area contributed by atoms with Crippen LogP contribution in [0.25, 0.3) is 0 Å². The first kappa shape index (κ1) is 18.3. The molecule has 0 aromatic heterocycles. The zero-order valence-corrected chi connectivity index (χ0v) is 15.6. The third-order valence-corrected chi connectivity index (χ3v) is 6.45. The zero-order chi connectivity index (χ0) is 17.0. The van der Waals surface area contributed by atoms with E-state index in [0.717, 1.165) is 24.5 Å². The van der Waals surface area contributed by atoms with E-state index in [4.69, 9.17) is 23.8 Å². The van der Waals surface area contributed by atoms with Gasteiger partial charge >= 0.3 is 0 Å². The zero-order valence-electron chi connectivity index (χ0n) is 13.3. The van der Waals surface area contributed by atoms with Crippen molar-refractivity contribution in [2.45, 2.75) is 25.3 Å². The second kappa shape index (κ2) is 7.68. The van der Waals surface area contributed by atoms with Crippen LogP contribution in [0.2, 0.25) is 0 Å². The number of nitrogens with zero attached hydrogens (tertiary/aromatic N) is 1. The lowest BCUT2D eigenvalue weighted by atomic mass is 10.2. The summed E-state index contributed by atoms with van der Waals surface area (Å²) in [6, 6.07) is 7.61. The average Bonchev–Trinajstić information content (AvgIpc) is 2.74. The number of anilines is 2. The van der Waals surface area contributed by atoms with Gasteiger partial charge in [0.2, 0.25) is 0 Å². The van der Waals surface area contributed by atoms with Gasteiger partial charge in [-0.2, -0.15) is 0 Å². The SMILES string of the molecule is CCN(CC)c1ccc(NC(=S)NC2CS(=O)(=O)CC2Cl)cc1. The average molecular weight is 376 g/mol. The highest BCUT2D eigenvalue weighted by Crippen LogP contribution is 2.19. The van der Waals surface area contributed by atoms with E-state index >= 15 is 0 Å². The highest BCUT2D eigenvalue weighted by atomic mass is 35.5. The summed E-state index contributed by atoms with van der Waals surface area (Å²) in [4.78, 5) is 2.25. The first-order valence-electron chi connectivity index (χ1n) is 7.61. The van der Waals surface area contributed by atoms with E-state index in [-0.39, 0.29) is 17.5 Å². The summed E-state index contributed by atoms with van der Waals surface area (Å²) in [5.41, 5.74) is 2.01. The minimum atomic E-state index is -3.07. The van der Waals surface area contributed by atoms with Crippen molar-refractivity contribution in [3.63, 3.8) is 0 Å². The van der Waals surface area contributed by atoms with Gasteiger partial charge in [0.1, 0.15) is 0 Å². The fourth-order valence-electron chi connectivity index (χ4n) is 2.62. The van der Waals surface area contributed by atoms with E-state index in [1.807, 2.05) is 24.3 Å². The highest BCUT2D eigenvalue weighted by molar-refractivity contribution is 7.91. The van der Waals surface area contributed by atoms with Crippen molar-refractivity contribution in [3.8, 4) is 0 Å². The van der Waals surface area contributed by atoms with Crippen LogP contribution in [0.15, 0.2) is 24.3 Å². The molecule has 5 nitrogen and oxygen atoms in total. The first-order chi connectivity index (χ1) is 10.8. The van der Waals surface area contributed by atoms with Crippen LogP contribution in [0.3, 0.4) is 0 Å². The Bertz CT molecular complexity index is 645. The Balaban J connectivity index is 1.93. The quantitative estimate of drug-likeness (QED) is 0.608. The Hall–Kier alpha value is -1.05. The van der Waals surface area contributed by atoms with Gasteiger partial charge in [-0.25, -0.2) is 8.42 Å². The van der Waals surface area contributed by atoms with Crippen molar-refractivity contribution in [1.29, 1.82) is 0 Å². The Morgan fingerprint density at radius 3 is 2.35 bits per heavy atom. The largest absolute Gasteiger partial charge is 0.372 e. The monoisotopic (exact) mass is 375 g/mol. The van der Waals surface area contributed by atoms with Crippen molar-refractivity contribution in [2.75, 3.05) is 34.8 Å². The molecule has 0 radical (unpaired) electrons. The number of sulfone groups is 1. The number of alkyl halides is 1. The number of thiocarbonyl (C=S) groups is 1. The molecule has 1 aliphatic heterocycles. The molecule has 23 heavy (non-hydrogen) atoms. The van der Waals surface area contributed by atoms with Gasteiger partial charge in [-0.3, -0.25) is 0 Å². The number of hydrogen-bond donors (Lipinski definition) is 2. The van der Waals surface area contributed by atoms with Gasteiger partial charge in [0.25, 0.3) is 0 Å². The number of halogens is 1. The van der Waals surface area contributed by atoms with Crippen molar-refractivity contribution < 1.29 is 8.42 Å². The van der Waals surface area contributed by atoms with Crippen LogP contribution < -0.4 is 15.5 Å². The number of benzene rings is 1. The fourth-order valence-corrected chi connectivity index (χ4v) is 5.44. The molecular weight excluding hydrogens is 354 g/mol. The maximum atomic E-state index is 11.6. The topological polar surface area (TPSA) is 61.4 Å². The standard InChI is InChI=1S/C15H22ClN3O2S2/c1-3-19(4-2)12-7-5-11(6-8-12)17-15(22)18-14-10-23(20,21)9-13(14)16/h5-8,13-14H,3-4,9-10H2,1-2H3,(H2,17,18,22). The van der Waals surface area contributed by atoms with Crippen LogP contribution in [-0.4, -0.2) is 49.5 Å². The van der Waals surface area contributed by atoms with Gasteiger partial charge in [-0.05, 0) is 50.3 Å². The summed E-state index contributed by atoms with van der Waals surface area (Å²) in [5, 5.41) is 5.99. The summed E-state index contributed by atoms with van der Waals surface area (Å²) < 4.78 is 23.1. The van der Waals surface area contributed by atoms with Crippen LogP contribution >= 0.6 is 23.8 Å². The third-order valence-electron chi connectivity index (χ3n) is 3.85. The molecule has 1 fully saturated rings. The minimum absolute atomic E-state index is 0.00654. The Morgan fingerprint density at radius 1 is 1.26 bits per heavy atom. The second-order valence-electron chi connectivity index (χ2n) is 5.52. The van der Waals surface area contributed by atoms with E-state index in [9.17, 15) is 8.42 Å². The summed E-state index contributed by atoms with van der Waals surface area (Å²) in [5.74, 6) is 0.0112. The Kier molecular flexibility index (Phi) is 6.11. The molecule has 1 aromatic carbocycles. The lowest BCUT2D eigenvalue weighted by molar-refractivity contribution is 0.600. The van der Waals surface area contributed by atoms with Crippen LogP contribution in [0.1, 0.15) is 13.8 Å². The molecule has 0 aliphatic carbocycles. The molecule has 0 bridgehead atoms. The van der Waals surface area contributed by atoms with E-state index in [1.165, 1.54) is 0 Å². The fraction of sp³-hybridized carbons (Fsp3) is 0.533. The molecule has 1 aromatic rings. The maximum absolute atomic E-state index is 11.6. The Labute approximate surface area is 148 Å². The summed E-state index contributed by atoms with van der Waals surface area (Å²) >= 11 is 11.3. The van der Waals surface area contributed by atoms with Crippen molar-refractivity contribution in [3.05, 3.63) is 24.3 Å². The molecule has 0 spiro atoms. The predicted molar refractivity (Wildman–Crippen MR) is 101 cm³/mol. The third kappa shape index (κ3) is 4.96. The number of rotatable bonds is 5. The predicted octanol–water partition coefficient (Wildman–Crippen LogP) is 2.22. The molecule has 1 aliphatic rings. The van der Waals surface area contributed by atoms with Crippen molar-refractivity contribution in [2.24, 2.45) is 0 Å². The first-order valence-corrected chi connectivity index (χ1v) is 10.3. The van der Waals surface area contributed by atoms with Gasteiger partial charge in [-0.15, -0.1) is 11.6 Å². The molecule has 8 heteroatoms. The summed E-state index contributed by atoms with van der Waals surface area (Å²) in [7, 11) is -3.07. The molecule has 0 amide bonds. The molecule has 2 N–H and O–H groups in total. The van der Waals surface area contributed by atoms with E-state index in [2.05, 4.69) is 29.4 Å². The molecule has 1 heterocycles. The molecule has 2 rings (SSSR count). The van der Waals surface area contributed by atoms with Crippen LogP contribution in [0, 0.1) is 0 Å². The number of nitrogens with one attached hydrogen (secondary N) is 2. The number of hydrogen-bond acceptors (Lipinski definition) is 4. The highest BCUT2D eigenvalue weighted by Gasteiger charge is 2.36. The van der Waals surface area contributed by atoms with E-state index in [1.54, 1.807) is 0 Å². The van der Waals surface area contributed by atoms with Gasteiger partial charge < -0.3 is 15.5 Å². The lowest BCUT2D eigenvalue weighted by Crippen LogP contribution is -2.42. The van der Waals surface area contributed by atoms with Crippen LogP contribution in [-0.2, 0) is 9.84 Å². The normalized spacial score (nSPS) is 22.6. The smallest absolute Gasteiger partial charge is 0.171 e. The summed E-state index contributed by atoms with van der Waals surface area (Å²) in [6.45, 7) is 6.15. The molecular formula is C15H22ClN3O2S2. The molecule has 0 saturated carbocycles. The van der Waals surface area contributed by atoms with E-state index < -0.39 is 15.2 Å². The summed E-state index contributed by atoms with van der Waals surface area (Å²) in [6.07, 6.45) is 0. The van der Waals surface area contributed by atoms with Gasteiger partial charge in [0, 0.05) is 24.5 Å². The van der Waals surface area contributed by atoms with E-state index in [0.29, 0.717) is 5.11 Å². The van der Waals surface area contributed by atoms with Gasteiger partial charge in [0.15, 0.2) is 14.9 Å². The van der Waals surface area contributed by atoms with Crippen molar-refractivity contribution >= 4 is 50.1 Å². The molecule has 128 valence electrons. The molecule has 2 atom stereocenters. The molecule has 1 saturated heterocycles. The lowest BCUT2D eigenvalue weighted by Gasteiger charge is -2.21. The second-order valence-corrected chi connectivity index (χ2v) is 8.64. The molecule has 2 unspecified atom stereocenters. The van der Waals surface area contributed by atoms with Crippen LogP contribution in [0.5, 0.6) is 0 Å².